The Bertz CT molecular complexity index is 445. The number of nitrogens with two attached hydrogens (primary N) is 1. The first-order valence-corrected chi connectivity index (χ1v) is 6.51. The molecule has 2 heterocycles. The molecule has 6 heteroatoms. The molecule has 2 rings (SSSR count). The second kappa shape index (κ2) is 6.38. The summed E-state index contributed by atoms with van der Waals surface area (Å²) in [7, 11) is 0. The van der Waals surface area contributed by atoms with E-state index in [0.29, 0.717) is 12.4 Å². The van der Waals surface area contributed by atoms with Gasteiger partial charge >= 0.3 is 5.97 Å². The van der Waals surface area contributed by atoms with Gasteiger partial charge in [-0.15, -0.1) is 0 Å². The van der Waals surface area contributed by atoms with Crippen LogP contribution in [-0.2, 0) is 4.74 Å². The fourth-order valence-corrected chi connectivity index (χ4v) is 2.19. The number of aromatic carboxylic acids is 1. The predicted molar refractivity (Wildman–Crippen MR) is 72.3 cm³/mol. The first kappa shape index (κ1) is 13.6. The monoisotopic (exact) mass is 265 g/mol. The van der Waals surface area contributed by atoms with Crippen molar-refractivity contribution in [2.75, 3.05) is 24.2 Å². The average Bonchev–Trinajstić information content (AvgIpc) is 2.41. The summed E-state index contributed by atoms with van der Waals surface area (Å²) < 4.78 is 5.62. The zero-order chi connectivity index (χ0) is 13.7. The minimum absolute atomic E-state index is 0.0754. The fraction of sp³-hybridized carbons (Fsp3) is 0.538. The van der Waals surface area contributed by atoms with Crippen LogP contribution in [0.1, 0.15) is 36.0 Å². The summed E-state index contributed by atoms with van der Waals surface area (Å²) in [4.78, 5) is 15.0. The number of anilines is 2. The number of carboxylic acids is 1. The number of rotatable bonds is 5. The lowest BCUT2D eigenvalue weighted by atomic mass is 10.1. The Labute approximate surface area is 112 Å². The van der Waals surface area contributed by atoms with Crippen molar-refractivity contribution in [3.63, 3.8) is 0 Å². The molecule has 19 heavy (non-hydrogen) atoms. The number of nitrogens with zero attached hydrogens (tertiary/aromatic N) is 1. The Morgan fingerprint density at radius 1 is 1.58 bits per heavy atom. The van der Waals surface area contributed by atoms with E-state index in [1.165, 1.54) is 18.7 Å². The quantitative estimate of drug-likeness (QED) is 0.750. The number of nitrogen functional groups attached to an aromatic ring is 1. The van der Waals surface area contributed by atoms with Gasteiger partial charge in [-0.3, -0.25) is 0 Å². The smallest absolute Gasteiger partial charge is 0.337 e. The molecule has 1 fully saturated rings. The molecule has 1 aliphatic rings. The maximum Gasteiger partial charge on any atom is 0.337 e. The van der Waals surface area contributed by atoms with Gasteiger partial charge in [0.1, 0.15) is 5.82 Å². The highest BCUT2D eigenvalue weighted by Crippen LogP contribution is 2.21. The highest BCUT2D eigenvalue weighted by molar-refractivity contribution is 5.96. The molecule has 4 N–H and O–H groups in total. The fourth-order valence-electron chi connectivity index (χ4n) is 2.19. The van der Waals surface area contributed by atoms with Crippen LogP contribution < -0.4 is 11.1 Å². The number of hydrogen-bond acceptors (Lipinski definition) is 5. The van der Waals surface area contributed by atoms with Crippen LogP contribution in [0.25, 0.3) is 0 Å². The van der Waals surface area contributed by atoms with E-state index >= 15 is 0 Å². The van der Waals surface area contributed by atoms with E-state index in [2.05, 4.69) is 10.3 Å². The minimum atomic E-state index is -1.04. The SMILES string of the molecule is Nc1c(C(=O)O)ccnc1NCCC1CCCCO1. The molecule has 1 unspecified atom stereocenters. The number of hydrogen-bond donors (Lipinski definition) is 3. The lowest BCUT2D eigenvalue weighted by Gasteiger charge is -2.22. The van der Waals surface area contributed by atoms with E-state index in [0.717, 1.165) is 25.9 Å². The zero-order valence-electron chi connectivity index (χ0n) is 10.8. The summed E-state index contributed by atoms with van der Waals surface area (Å²) >= 11 is 0. The molecule has 1 saturated heterocycles. The number of ether oxygens (including phenoxy) is 1. The largest absolute Gasteiger partial charge is 0.478 e. The predicted octanol–water partition coefficient (Wildman–Crippen LogP) is 1.73. The third-order valence-electron chi connectivity index (χ3n) is 3.25. The van der Waals surface area contributed by atoms with Crippen molar-refractivity contribution in [2.45, 2.75) is 31.8 Å². The zero-order valence-corrected chi connectivity index (χ0v) is 10.8. The molecule has 1 aliphatic heterocycles. The third-order valence-corrected chi connectivity index (χ3v) is 3.25. The molecular weight excluding hydrogens is 246 g/mol. The third kappa shape index (κ3) is 3.57. The summed E-state index contributed by atoms with van der Waals surface area (Å²) in [5.74, 6) is -0.616. The first-order chi connectivity index (χ1) is 9.18. The average molecular weight is 265 g/mol. The van der Waals surface area contributed by atoms with Crippen LogP contribution in [0.3, 0.4) is 0 Å². The lowest BCUT2D eigenvalue weighted by Crippen LogP contribution is -2.22. The Balaban J connectivity index is 1.88. The van der Waals surface area contributed by atoms with E-state index in [-0.39, 0.29) is 17.4 Å². The summed E-state index contributed by atoms with van der Waals surface area (Å²) in [6.07, 6.45) is 6.03. The van der Waals surface area contributed by atoms with E-state index in [4.69, 9.17) is 15.6 Å². The molecule has 0 saturated carbocycles. The van der Waals surface area contributed by atoms with Gasteiger partial charge in [0.2, 0.25) is 0 Å². The second-order valence-electron chi connectivity index (χ2n) is 4.63. The summed E-state index contributed by atoms with van der Waals surface area (Å²) in [6.45, 7) is 1.50. The lowest BCUT2D eigenvalue weighted by molar-refractivity contribution is 0.0134. The van der Waals surface area contributed by atoms with Crippen LogP contribution in [0.4, 0.5) is 11.5 Å². The maximum absolute atomic E-state index is 10.9. The second-order valence-corrected chi connectivity index (χ2v) is 4.63. The van der Waals surface area contributed by atoms with Crippen molar-refractivity contribution in [3.8, 4) is 0 Å². The van der Waals surface area contributed by atoms with Gasteiger partial charge in [0.25, 0.3) is 0 Å². The topological polar surface area (TPSA) is 97.5 Å². The molecule has 0 amide bonds. The van der Waals surface area contributed by atoms with Crippen molar-refractivity contribution < 1.29 is 14.6 Å². The first-order valence-electron chi connectivity index (χ1n) is 6.51. The molecule has 0 aliphatic carbocycles. The molecule has 0 bridgehead atoms. The van der Waals surface area contributed by atoms with Gasteiger partial charge in [0.05, 0.1) is 17.4 Å². The van der Waals surface area contributed by atoms with Crippen LogP contribution in [0.5, 0.6) is 0 Å². The van der Waals surface area contributed by atoms with Crippen molar-refractivity contribution in [1.29, 1.82) is 0 Å². The summed E-state index contributed by atoms with van der Waals surface area (Å²) in [5, 5.41) is 12.0. The maximum atomic E-state index is 10.9. The van der Waals surface area contributed by atoms with Crippen molar-refractivity contribution >= 4 is 17.5 Å². The Morgan fingerprint density at radius 2 is 2.42 bits per heavy atom. The summed E-state index contributed by atoms with van der Waals surface area (Å²) in [6, 6.07) is 1.40. The van der Waals surface area contributed by atoms with Gasteiger partial charge in [-0.25, -0.2) is 9.78 Å². The Morgan fingerprint density at radius 3 is 3.11 bits per heavy atom. The molecule has 1 aromatic rings. The molecule has 6 nitrogen and oxygen atoms in total. The van der Waals surface area contributed by atoms with E-state index in [1.54, 1.807) is 0 Å². The number of carboxylic acid groups (broad SMARTS) is 1. The minimum Gasteiger partial charge on any atom is -0.478 e. The molecule has 1 atom stereocenters. The Hall–Kier alpha value is -1.82. The standard InChI is InChI=1S/C13H19N3O3/c14-11-10(13(17)18)5-7-16-12(11)15-6-4-9-3-1-2-8-19-9/h5,7,9H,1-4,6,8,14H2,(H,15,16)(H,17,18). The molecule has 1 aromatic heterocycles. The van der Waals surface area contributed by atoms with Crippen molar-refractivity contribution in [1.82, 2.24) is 4.98 Å². The Kier molecular flexibility index (Phi) is 4.57. The van der Waals surface area contributed by atoms with Gasteiger partial charge < -0.3 is 20.9 Å². The van der Waals surface area contributed by atoms with Gasteiger partial charge in [-0.2, -0.15) is 0 Å². The van der Waals surface area contributed by atoms with Gasteiger partial charge in [0, 0.05) is 19.3 Å². The van der Waals surface area contributed by atoms with Crippen LogP contribution in [0.2, 0.25) is 0 Å². The van der Waals surface area contributed by atoms with Gasteiger partial charge in [-0.1, -0.05) is 0 Å². The molecular formula is C13H19N3O3. The molecule has 0 spiro atoms. The van der Waals surface area contributed by atoms with Crippen molar-refractivity contribution in [3.05, 3.63) is 17.8 Å². The number of aromatic nitrogens is 1. The van der Waals surface area contributed by atoms with E-state index in [9.17, 15) is 4.79 Å². The number of carbonyl (C=O) groups is 1. The molecule has 0 aromatic carbocycles. The van der Waals surface area contributed by atoms with Crippen LogP contribution in [-0.4, -0.2) is 35.3 Å². The van der Waals surface area contributed by atoms with Gasteiger partial charge in [0.15, 0.2) is 0 Å². The highest BCUT2D eigenvalue weighted by atomic mass is 16.5. The van der Waals surface area contributed by atoms with Crippen LogP contribution >= 0.6 is 0 Å². The summed E-state index contributed by atoms with van der Waals surface area (Å²) in [5.41, 5.74) is 6.02. The molecule has 0 radical (unpaired) electrons. The van der Waals surface area contributed by atoms with Crippen LogP contribution in [0.15, 0.2) is 12.3 Å². The molecule has 104 valence electrons. The van der Waals surface area contributed by atoms with E-state index < -0.39 is 5.97 Å². The van der Waals surface area contributed by atoms with E-state index in [1.807, 2.05) is 0 Å². The van der Waals surface area contributed by atoms with Crippen LogP contribution in [0, 0.1) is 0 Å². The number of pyridine rings is 1. The van der Waals surface area contributed by atoms with Crippen molar-refractivity contribution in [2.24, 2.45) is 0 Å². The number of nitrogens with one attached hydrogen (secondary N) is 1. The van der Waals surface area contributed by atoms with Gasteiger partial charge in [-0.05, 0) is 31.7 Å². The normalized spacial score (nSPS) is 19.1. The highest BCUT2D eigenvalue weighted by Gasteiger charge is 2.15.